The molecule has 0 fully saturated rings. The second-order valence-electron chi connectivity index (χ2n) is 3.97. The first-order chi connectivity index (χ1) is 8.99. The zero-order valence-corrected chi connectivity index (χ0v) is 9.87. The van der Waals surface area contributed by atoms with Crippen LogP contribution in [0, 0.1) is 10.1 Å². The van der Waals surface area contributed by atoms with Crippen LogP contribution in [0.1, 0.15) is 10.4 Å². The molecule has 0 radical (unpaired) electrons. The molecule has 96 valence electrons. The standard InChI is InChI=1S/C13H11N3O3/c14-12-5-4-9(7-11(12)13(15)17)8-2-1-3-10(6-8)16(18)19/h1-7H,14H2,(H2,15,17). The Balaban J connectivity index is 2.53. The van der Waals surface area contributed by atoms with Crippen LogP contribution >= 0.6 is 0 Å². The molecule has 2 rings (SSSR count). The van der Waals surface area contributed by atoms with Crippen LogP contribution in [0.15, 0.2) is 42.5 Å². The van der Waals surface area contributed by atoms with Crippen molar-refractivity contribution in [1.82, 2.24) is 0 Å². The number of carbonyl (C=O) groups is 1. The molecule has 6 nitrogen and oxygen atoms in total. The Hall–Kier alpha value is -2.89. The van der Waals surface area contributed by atoms with Gasteiger partial charge in [-0.3, -0.25) is 14.9 Å². The maximum atomic E-state index is 11.2. The summed E-state index contributed by atoms with van der Waals surface area (Å²) in [6, 6.07) is 10.9. The summed E-state index contributed by atoms with van der Waals surface area (Å²) < 4.78 is 0. The highest BCUT2D eigenvalue weighted by atomic mass is 16.6. The molecule has 0 spiro atoms. The van der Waals surface area contributed by atoms with E-state index in [1.807, 2.05) is 0 Å². The molecule has 0 saturated heterocycles. The smallest absolute Gasteiger partial charge is 0.270 e. The van der Waals surface area contributed by atoms with E-state index in [2.05, 4.69) is 0 Å². The van der Waals surface area contributed by atoms with E-state index in [-0.39, 0.29) is 16.9 Å². The number of benzene rings is 2. The van der Waals surface area contributed by atoms with Crippen molar-refractivity contribution in [3.63, 3.8) is 0 Å². The molecule has 0 saturated carbocycles. The predicted octanol–water partition coefficient (Wildman–Crippen LogP) is 1.94. The molecule has 0 unspecified atom stereocenters. The Bertz CT molecular complexity index is 668. The number of rotatable bonds is 3. The van der Waals surface area contributed by atoms with Crippen molar-refractivity contribution in [2.75, 3.05) is 5.73 Å². The van der Waals surface area contributed by atoms with Gasteiger partial charge in [-0.2, -0.15) is 0 Å². The van der Waals surface area contributed by atoms with Crippen molar-refractivity contribution >= 4 is 17.3 Å². The molecule has 0 heterocycles. The number of nitro groups is 1. The van der Waals surface area contributed by atoms with Crippen LogP contribution in [0.4, 0.5) is 11.4 Å². The average molecular weight is 257 g/mol. The van der Waals surface area contributed by atoms with Crippen LogP contribution in [0.3, 0.4) is 0 Å². The van der Waals surface area contributed by atoms with Gasteiger partial charge in [-0.1, -0.05) is 18.2 Å². The second-order valence-corrected chi connectivity index (χ2v) is 3.97. The third kappa shape index (κ3) is 2.52. The lowest BCUT2D eigenvalue weighted by atomic mass is 10.0. The Morgan fingerprint density at radius 1 is 1.11 bits per heavy atom. The number of amides is 1. The first kappa shape index (κ1) is 12.6. The number of hydrogen-bond acceptors (Lipinski definition) is 4. The molecule has 1 amide bonds. The highest BCUT2D eigenvalue weighted by Gasteiger charge is 2.10. The summed E-state index contributed by atoms with van der Waals surface area (Å²) in [5.41, 5.74) is 12.6. The minimum absolute atomic E-state index is 0.0186. The summed E-state index contributed by atoms with van der Waals surface area (Å²) in [6.45, 7) is 0. The van der Waals surface area contributed by atoms with Crippen LogP contribution in [0.25, 0.3) is 11.1 Å². The largest absolute Gasteiger partial charge is 0.398 e. The fourth-order valence-corrected chi connectivity index (χ4v) is 1.75. The summed E-state index contributed by atoms with van der Waals surface area (Å²) in [5.74, 6) is -0.634. The first-order valence-corrected chi connectivity index (χ1v) is 5.43. The topological polar surface area (TPSA) is 112 Å². The molecule has 6 heteroatoms. The highest BCUT2D eigenvalue weighted by molar-refractivity contribution is 5.99. The van der Waals surface area contributed by atoms with E-state index in [9.17, 15) is 14.9 Å². The summed E-state index contributed by atoms with van der Waals surface area (Å²) in [4.78, 5) is 21.5. The summed E-state index contributed by atoms with van der Waals surface area (Å²) >= 11 is 0. The van der Waals surface area contributed by atoms with E-state index >= 15 is 0 Å². The number of carbonyl (C=O) groups excluding carboxylic acids is 1. The van der Waals surface area contributed by atoms with Crippen molar-refractivity contribution in [3.8, 4) is 11.1 Å². The van der Waals surface area contributed by atoms with E-state index in [0.717, 1.165) is 0 Å². The number of nitrogen functional groups attached to an aromatic ring is 1. The molecule has 4 N–H and O–H groups in total. The molecule has 0 aliphatic rings. The summed E-state index contributed by atoms with van der Waals surface area (Å²) in [5, 5.41) is 10.7. The zero-order chi connectivity index (χ0) is 14.0. The number of nitrogens with zero attached hydrogens (tertiary/aromatic N) is 1. The van der Waals surface area contributed by atoms with Gasteiger partial charge < -0.3 is 11.5 Å². The lowest BCUT2D eigenvalue weighted by molar-refractivity contribution is -0.384. The number of anilines is 1. The van der Waals surface area contributed by atoms with Gasteiger partial charge in [-0.05, 0) is 23.3 Å². The van der Waals surface area contributed by atoms with E-state index in [1.165, 1.54) is 18.2 Å². The molecule has 2 aromatic rings. The maximum absolute atomic E-state index is 11.2. The Labute approximate surface area is 108 Å². The number of non-ortho nitro benzene ring substituents is 1. The monoisotopic (exact) mass is 257 g/mol. The molecular weight excluding hydrogens is 246 g/mol. The molecule has 0 aliphatic heterocycles. The minimum atomic E-state index is -0.634. The van der Waals surface area contributed by atoms with Crippen LogP contribution in [0.2, 0.25) is 0 Å². The van der Waals surface area contributed by atoms with Crippen molar-refractivity contribution in [2.45, 2.75) is 0 Å². The van der Waals surface area contributed by atoms with E-state index in [1.54, 1.807) is 24.3 Å². The molecule has 0 aliphatic carbocycles. The number of hydrogen-bond donors (Lipinski definition) is 2. The van der Waals surface area contributed by atoms with E-state index < -0.39 is 10.8 Å². The maximum Gasteiger partial charge on any atom is 0.270 e. The predicted molar refractivity (Wildman–Crippen MR) is 71.5 cm³/mol. The Kier molecular flexibility index (Phi) is 3.15. The molecule has 2 aromatic carbocycles. The second kappa shape index (κ2) is 4.77. The van der Waals surface area contributed by atoms with Gasteiger partial charge in [0.1, 0.15) is 0 Å². The van der Waals surface area contributed by atoms with Gasteiger partial charge in [0.05, 0.1) is 10.5 Å². The van der Waals surface area contributed by atoms with Crippen LogP contribution in [0.5, 0.6) is 0 Å². The van der Waals surface area contributed by atoms with Gasteiger partial charge in [-0.25, -0.2) is 0 Å². The summed E-state index contributed by atoms with van der Waals surface area (Å²) in [6.07, 6.45) is 0. The molecule has 0 atom stereocenters. The van der Waals surface area contributed by atoms with Gasteiger partial charge >= 0.3 is 0 Å². The van der Waals surface area contributed by atoms with Crippen LogP contribution in [-0.4, -0.2) is 10.8 Å². The Morgan fingerprint density at radius 3 is 2.42 bits per heavy atom. The molecular formula is C13H11N3O3. The quantitative estimate of drug-likeness (QED) is 0.497. The van der Waals surface area contributed by atoms with Crippen molar-refractivity contribution in [1.29, 1.82) is 0 Å². The Morgan fingerprint density at radius 2 is 1.79 bits per heavy atom. The van der Waals surface area contributed by atoms with Crippen LogP contribution in [-0.2, 0) is 0 Å². The van der Waals surface area contributed by atoms with Gasteiger partial charge in [0.2, 0.25) is 0 Å². The van der Waals surface area contributed by atoms with Gasteiger partial charge in [-0.15, -0.1) is 0 Å². The number of nitrogens with two attached hydrogens (primary N) is 2. The third-order valence-corrected chi connectivity index (χ3v) is 2.71. The number of primary amides is 1. The van der Waals surface area contributed by atoms with Gasteiger partial charge in [0.15, 0.2) is 0 Å². The average Bonchev–Trinajstić information content (AvgIpc) is 2.39. The highest BCUT2D eigenvalue weighted by Crippen LogP contribution is 2.26. The summed E-state index contributed by atoms with van der Waals surface area (Å²) in [7, 11) is 0. The van der Waals surface area contributed by atoms with Gasteiger partial charge in [0.25, 0.3) is 11.6 Å². The van der Waals surface area contributed by atoms with Gasteiger partial charge in [0, 0.05) is 17.8 Å². The normalized spacial score (nSPS) is 10.1. The van der Waals surface area contributed by atoms with Crippen LogP contribution < -0.4 is 11.5 Å². The molecule has 0 bridgehead atoms. The SMILES string of the molecule is NC(=O)c1cc(-c2cccc([N+](=O)[O-])c2)ccc1N. The van der Waals surface area contributed by atoms with Crippen molar-refractivity contribution < 1.29 is 9.72 Å². The lowest BCUT2D eigenvalue weighted by Gasteiger charge is -2.06. The number of nitro benzene ring substituents is 1. The van der Waals surface area contributed by atoms with E-state index in [4.69, 9.17) is 11.5 Å². The first-order valence-electron chi connectivity index (χ1n) is 5.43. The fourth-order valence-electron chi connectivity index (χ4n) is 1.75. The van der Waals surface area contributed by atoms with Crippen molar-refractivity contribution in [3.05, 3.63) is 58.1 Å². The van der Waals surface area contributed by atoms with Crippen molar-refractivity contribution in [2.24, 2.45) is 5.73 Å². The lowest BCUT2D eigenvalue weighted by Crippen LogP contribution is -2.13. The minimum Gasteiger partial charge on any atom is -0.398 e. The molecule has 19 heavy (non-hydrogen) atoms. The van der Waals surface area contributed by atoms with E-state index in [0.29, 0.717) is 11.1 Å². The zero-order valence-electron chi connectivity index (χ0n) is 9.87. The fraction of sp³-hybridized carbons (Fsp3) is 0. The third-order valence-electron chi connectivity index (χ3n) is 2.71. The molecule has 0 aromatic heterocycles.